The Morgan fingerprint density at radius 1 is 1.17 bits per heavy atom. The Balaban J connectivity index is 1.69. The van der Waals surface area contributed by atoms with Crippen LogP contribution in [-0.4, -0.2) is 35.9 Å². The highest BCUT2D eigenvalue weighted by atomic mass is 35.5. The summed E-state index contributed by atoms with van der Waals surface area (Å²) in [4.78, 5) is 20.4. The maximum atomic E-state index is 13.3. The van der Waals surface area contributed by atoms with Crippen molar-refractivity contribution >= 4 is 22.9 Å². The van der Waals surface area contributed by atoms with Gasteiger partial charge in [0.15, 0.2) is 0 Å². The molecule has 3 heterocycles. The Kier molecular flexibility index (Phi) is 8.09. The number of hydrogen-bond acceptors (Lipinski definition) is 4. The first-order valence-corrected chi connectivity index (χ1v) is 12.7. The predicted octanol–water partition coefficient (Wildman–Crippen LogP) is 6.19. The van der Waals surface area contributed by atoms with Gasteiger partial charge in [0, 0.05) is 48.2 Å². The zero-order valence-corrected chi connectivity index (χ0v) is 21.8. The van der Waals surface area contributed by atoms with Crippen LogP contribution in [0, 0.1) is 13.8 Å². The molecule has 1 fully saturated rings. The molecule has 5 nitrogen and oxygen atoms in total. The number of nitrogens with zero attached hydrogens (tertiary/aromatic N) is 3. The molecule has 0 amide bonds. The molecule has 1 saturated heterocycles. The molecule has 1 aliphatic heterocycles. The number of halogens is 1. The van der Waals surface area contributed by atoms with E-state index in [1.54, 1.807) is 10.6 Å². The Labute approximate surface area is 213 Å². The lowest BCUT2D eigenvalue weighted by molar-refractivity contribution is 0.152. The zero-order chi connectivity index (χ0) is 24.9. The number of hydrogen-bond donors (Lipinski definition) is 0. The number of aromatic nitrogens is 2. The smallest absolute Gasteiger partial charge is 0.251 e. The van der Waals surface area contributed by atoms with Gasteiger partial charge in [0.05, 0.1) is 24.5 Å². The van der Waals surface area contributed by atoms with Crippen LogP contribution in [-0.2, 0) is 4.74 Å². The van der Waals surface area contributed by atoms with E-state index in [0.29, 0.717) is 5.02 Å². The van der Waals surface area contributed by atoms with Gasteiger partial charge in [0.25, 0.3) is 5.56 Å². The molecule has 1 aromatic carbocycles. The molecule has 4 rings (SSSR count). The second-order valence-corrected chi connectivity index (χ2v) is 9.57. The number of ether oxygens (including phenoxy) is 1. The molecule has 0 unspecified atom stereocenters. The van der Waals surface area contributed by atoms with Gasteiger partial charge >= 0.3 is 0 Å². The summed E-state index contributed by atoms with van der Waals surface area (Å²) < 4.78 is 7.42. The number of benzene rings is 1. The van der Waals surface area contributed by atoms with E-state index in [-0.39, 0.29) is 11.6 Å². The van der Waals surface area contributed by atoms with Crippen molar-refractivity contribution in [3.63, 3.8) is 0 Å². The molecule has 0 saturated carbocycles. The molecule has 0 bridgehead atoms. The summed E-state index contributed by atoms with van der Waals surface area (Å²) in [6.45, 7) is 11.5. The van der Waals surface area contributed by atoms with Crippen molar-refractivity contribution in [1.82, 2.24) is 9.55 Å². The van der Waals surface area contributed by atoms with Gasteiger partial charge in [0.1, 0.15) is 0 Å². The molecule has 6 heteroatoms. The molecule has 1 aliphatic rings. The average Bonchev–Trinajstić information content (AvgIpc) is 3.11. The minimum Gasteiger partial charge on any atom is -0.380 e. The first kappa shape index (κ1) is 25.2. The number of pyridine rings is 2. The van der Waals surface area contributed by atoms with Crippen LogP contribution in [0.15, 0.2) is 59.7 Å². The van der Waals surface area contributed by atoms with Crippen LogP contribution in [0.5, 0.6) is 0 Å². The monoisotopic (exact) mass is 491 g/mol. The Morgan fingerprint density at radius 3 is 2.71 bits per heavy atom. The van der Waals surface area contributed by atoms with E-state index in [9.17, 15) is 4.79 Å². The normalized spacial score (nSPS) is 15.7. The van der Waals surface area contributed by atoms with Gasteiger partial charge < -0.3 is 14.2 Å². The molecule has 0 radical (unpaired) electrons. The highest BCUT2D eigenvalue weighted by Crippen LogP contribution is 2.30. The first-order chi connectivity index (χ1) is 16.9. The summed E-state index contributed by atoms with van der Waals surface area (Å²) in [5.41, 5.74) is 7.09. The predicted molar refractivity (Wildman–Crippen MR) is 145 cm³/mol. The molecule has 0 N–H and O–H groups in total. The van der Waals surface area contributed by atoms with Gasteiger partial charge in [-0.2, -0.15) is 0 Å². The molecular weight excluding hydrogens is 458 g/mol. The summed E-state index contributed by atoms with van der Waals surface area (Å²) >= 11 is 6.31. The van der Waals surface area contributed by atoms with E-state index in [0.717, 1.165) is 78.4 Å². The quantitative estimate of drug-likeness (QED) is 0.412. The minimum atomic E-state index is -0.0695. The molecule has 1 atom stereocenters. The summed E-state index contributed by atoms with van der Waals surface area (Å²) in [6.07, 6.45) is 7.71. The first-order valence-electron chi connectivity index (χ1n) is 12.4. The Morgan fingerprint density at radius 2 is 2.00 bits per heavy atom. The van der Waals surface area contributed by atoms with Crippen LogP contribution in [0.25, 0.3) is 5.57 Å². The standard InChI is InChI=1S/C29H34ClN3O2/c1-5-26(27-18-25(19-31-21(27)4)32-9-7-12-35-13-11-32)22-8-10-33(29(34)17-22)28(6-2)23-14-20(3)15-24(30)16-23/h5,8,10,14-19,28H,6-7,9,11-13H2,1-4H3/b26-5-/t28-/m1/s1. The molecule has 0 aliphatic carbocycles. The fourth-order valence-corrected chi connectivity index (χ4v) is 5.21. The second kappa shape index (κ2) is 11.2. The van der Waals surface area contributed by atoms with Crippen LogP contribution >= 0.6 is 11.6 Å². The van der Waals surface area contributed by atoms with Gasteiger partial charge in [-0.3, -0.25) is 9.78 Å². The van der Waals surface area contributed by atoms with E-state index in [1.807, 2.05) is 51.4 Å². The van der Waals surface area contributed by atoms with Crippen LogP contribution in [0.3, 0.4) is 0 Å². The number of allylic oxidation sites excluding steroid dienone is 1. The molecule has 3 aromatic rings. The van der Waals surface area contributed by atoms with Crippen molar-refractivity contribution < 1.29 is 4.74 Å². The van der Waals surface area contributed by atoms with Crippen LogP contribution in [0.4, 0.5) is 5.69 Å². The number of anilines is 1. The number of rotatable bonds is 6. The third-order valence-electron chi connectivity index (χ3n) is 6.67. The van der Waals surface area contributed by atoms with Gasteiger partial charge in [-0.25, -0.2) is 0 Å². The summed E-state index contributed by atoms with van der Waals surface area (Å²) in [6, 6.07) is 11.9. The van der Waals surface area contributed by atoms with Gasteiger partial charge in [-0.15, -0.1) is 0 Å². The van der Waals surface area contributed by atoms with Crippen molar-refractivity contribution in [3.05, 3.63) is 98.2 Å². The van der Waals surface area contributed by atoms with Crippen molar-refractivity contribution in [2.75, 3.05) is 31.2 Å². The highest BCUT2D eigenvalue weighted by molar-refractivity contribution is 6.30. The largest absolute Gasteiger partial charge is 0.380 e. The maximum absolute atomic E-state index is 13.3. The van der Waals surface area contributed by atoms with E-state index in [1.165, 1.54) is 0 Å². The summed E-state index contributed by atoms with van der Waals surface area (Å²) in [5, 5.41) is 0.693. The fourth-order valence-electron chi connectivity index (χ4n) is 4.91. The minimum absolute atomic E-state index is 0.0298. The topological polar surface area (TPSA) is 47.4 Å². The van der Waals surface area contributed by atoms with Gasteiger partial charge in [-0.05, 0) is 80.1 Å². The highest BCUT2D eigenvalue weighted by Gasteiger charge is 2.18. The molecule has 35 heavy (non-hydrogen) atoms. The van der Waals surface area contributed by atoms with Gasteiger partial charge in [-0.1, -0.05) is 30.7 Å². The van der Waals surface area contributed by atoms with E-state index in [2.05, 4.69) is 30.0 Å². The van der Waals surface area contributed by atoms with Crippen molar-refractivity contribution in [2.24, 2.45) is 0 Å². The van der Waals surface area contributed by atoms with Crippen molar-refractivity contribution in [3.8, 4) is 0 Å². The Hall–Kier alpha value is -2.89. The lowest BCUT2D eigenvalue weighted by atomic mass is 9.96. The molecule has 184 valence electrons. The zero-order valence-electron chi connectivity index (χ0n) is 21.1. The van der Waals surface area contributed by atoms with Crippen LogP contribution < -0.4 is 10.5 Å². The summed E-state index contributed by atoms with van der Waals surface area (Å²) in [5.74, 6) is 0. The van der Waals surface area contributed by atoms with Gasteiger partial charge in [0.2, 0.25) is 0 Å². The van der Waals surface area contributed by atoms with E-state index >= 15 is 0 Å². The lowest BCUT2D eigenvalue weighted by Gasteiger charge is -2.23. The van der Waals surface area contributed by atoms with Crippen molar-refractivity contribution in [2.45, 2.75) is 46.6 Å². The fraction of sp³-hybridized carbons (Fsp3) is 0.379. The molecular formula is C29H34ClN3O2. The maximum Gasteiger partial charge on any atom is 0.251 e. The third-order valence-corrected chi connectivity index (χ3v) is 6.89. The SMILES string of the molecule is C/C=C(/c1ccn([C@H](CC)c2cc(C)cc(Cl)c2)c(=O)c1)c1cc(N2CCCOCC2)cnc1C. The molecule has 2 aromatic heterocycles. The average molecular weight is 492 g/mol. The Bertz CT molecular complexity index is 1250. The molecule has 0 spiro atoms. The van der Waals surface area contributed by atoms with E-state index < -0.39 is 0 Å². The lowest BCUT2D eigenvalue weighted by Crippen LogP contribution is -2.26. The van der Waals surface area contributed by atoms with Crippen molar-refractivity contribution in [1.29, 1.82) is 0 Å². The van der Waals surface area contributed by atoms with Crippen LogP contribution in [0.1, 0.15) is 60.7 Å². The van der Waals surface area contributed by atoms with E-state index in [4.69, 9.17) is 21.3 Å². The second-order valence-electron chi connectivity index (χ2n) is 9.13. The van der Waals surface area contributed by atoms with Crippen LogP contribution in [0.2, 0.25) is 5.02 Å². The summed E-state index contributed by atoms with van der Waals surface area (Å²) in [7, 11) is 0. The third kappa shape index (κ3) is 5.68. The number of aryl methyl sites for hydroxylation is 2.